The van der Waals surface area contributed by atoms with E-state index >= 15 is 0 Å². The molecule has 1 aliphatic rings. The number of hydrogen-bond acceptors (Lipinski definition) is 2. The number of thiocarbonyl (C=S) groups is 1. The first-order chi connectivity index (χ1) is 7.25. The third-order valence-corrected chi connectivity index (χ3v) is 2.45. The molecule has 4 heteroatoms. The second kappa shape index (κ2) is 4.40. The SMILES string of the molecule is O=C(Nc1ccccc1)C(=S)NC1CC1. The van der Waals surface area contributed by atoms with Gasteiger partial charge in [0.1, 0.15) is 0 Å². The smallest absolute Gasteiger partial charge is 0.283 e. The minimum absolute atomic E-state index is 0.233. The Morgan fingerprint density at radius 3 is 2.53 bits per heavy atom. The molecule has 1 aliphatic carbocycles. The van der Waals surface area contributed by atoms with Crippen molar-refractivity contribution >= 4 is 28.8 Å². The molecule has 0 spiro atoms. The van der Waals surface area contributed by atoms with E-state index in [2.05, 4.69) is 10.6 Å². The van der Waals surface area contributed by atoms with Crippen LogP contribution < -0.4 is 10.6 Å². The van der Waals surface area contributed by atoms with Crippen LogP contribution in [-0.4, -0.2) is 16.9 Å². The van der Waals surface area contributed by atoms with Gasteiger partial charge >= 0.3 is 0 Å². The summed E-state index contributed by atoms with van der Waals surface area (Å²) < 4.78 is 0. The summed E-state index contributed by atoms with van der Waals surface area (Å²) >= 11 is 4.97. The van der Waals surface area contributed by atoms with Crippen LogP contribution in [0, 0.1) is 0 Å². The van der Waals surface area contributed by atoms with Crippen molar-refractivity contribution in [3.63, 3.8) is 0 Å². The standard InChI is InChI=1S/C11H12N2OS/c14-10(11(15)13-9-6-7-9)12-8-4-2-1-3-5-8/h1-5,9H,6-7H2,(H,12,14)(H,13,15). The van der Waals surface area contributed by atoms with E-state index in [1.54, 1.807) is 0 Å². The van der Waals surface area contributed by atoms with Crippen molar-refractivity contribution in [1.29, 1.82) is 0 Å². The maximum atomic E-state index is 11.6. The average Bonchev–Trinajstić information content (AvgIpc) is 3.03. The molecule has 1 aromatic carbocycles. The van der Waals surface area contributed by atoms with E-state index in [4.69, 9.17) is 12.2 Å². The lowest BCUT2D eigenvalue weighted by molar-refractivity contribution is -0.110. The molecular formula is C11H12N2OS. The zero-order valence-electron chi connectivity index (χ0n) is 8.19. The summed E-state index contributed by atoms with van der Waals surface area (Å²) in [6.45, 7) is 0. The monoisotopic (exact) mass is 220 g/mol. The van der Waals surface area contributed by atoms with Gasteiger partial charge in [-0.05, 0) is 25.0 Å². The van der Waals surface area contributed by atoms with E-state index < -0.39 is 0 Å². The molecule has 2 N–H and O–H groups in total. The second-order valence-corrected chi connectivity index (χ2v) is 3.98. The molecule has 0 aliphatic heterocycles. The fourth-order valence-corrected chi connectivity index (χ4v) is 1.41. The normalized spacial score (nSPS) is 14.4. The van der Waals surface area contributed by atoms with Crippen LogP contribution >= 0.6 is 12.2 Å². The van der Waals surface area contributed by atoms with Crippen LogP contribution in [0.4, 0.5) is 5.69 Å². The van der Waals surface area contributed by atoms with Crippen LogP contribution in [0.2, 0.25) is 0 Å². The minimum Gasteiger partial charge on any atom is -0.369 e. The van der Waals surface area contributed by atoms with Crippen LogP contribution in [0.1, 0.15) is 12.8 Å². The Balaban J connectivity index is 1.88. The number of nitrogens with one attached hydrogen (secondary N) is 2. The van der Waals surface area contributed by atoms with Gasteiger partial charge in [0.05, 0.1) is 0 Å². The Bertz CT molecular complexity index is 373. The number of para-hydroxylation sites is 1. The van der Waals surface area contributed by atoms with Gasteiger partial charge in [-0.25, -0.2) is 0 Å². The number of amides is 1. The van der Waals surface area contributed by atoms with E-state index in [0.717, 1.165) is 18.5 Å². The Morgan fingerprint density at radius 2 is 1.93 bits per heavy atom. The topological polar surface area (TPSA) is 41.1 Å². The van der Waals surface area contributed by atoms with Crippen molar-refractivity contribution in [2.45, 2.75) is 18.9 Å². The Labute approximate surface area is 93.9 Å². The molecule has 0 radical (unpaired) electrons. The van der Waals surface area contributed by atoms with Gasteiger partial charge < -0.3 is 10.6 Å². The molecule has 0 heterocycles. The molecule has 1 amide bonds. The molecule has 15 heavy (non-hydrogen) atoms. The maximum Gasteiger partial charge on any atom is 0.283 e. The van der Waals surface area contributed by atoms with Gasteiger partial charge in [-0.3, -0.25) is 4.79 Å². The highest BCUT2D eigenvalue weighted by Gasteiger charge is 2.24. The summed E-state index contributed by atoms with van der Waals surface area (Å²) in [7, 11) is 0. The van der Waals surface area contributed by atoms with Crippen LogP contribution in [-0.2, 0) is 4.79 Å². The van der Waals surface area contributed by atoms with Gasteiger partial charge in [0.2, 0.25) is 0 Å². The van der Waals surface area contributed by atoms with E-state index in [1.165, 1.54) is 0 Å². The largest absolute Gasteiger partial charge is 0.369 e. The molecule has 0 atom stereocenters. The number of anilines is 1. The first-order valence-corrected chi connectivity index (χ1v) is 5.33. The van der Waals surface area contributed by atoms with Gasteiger partial charge in [0, 0.05) is 11.7 Å². The fraction of sp³-hybridized carbons (Fsp3) is 0.273. The van der Waals surface area contributed by atoms with Crippen molar-refractivity contribution < 1.29 is 4.79 Å². The molecule has 1 aromatic rings. The summed E-state index contributed by atoms with van der Waals surface area (Å²) in [4.78, 5) is 11.8. The van der Waals surface area contributed by atoms with Gasteiger partial charge in [-0.2, -0.15) is 0 Å². The van der Waals surface area contributed by atoms with Crippen LogP contribution in [0.3, 0.4) is 0 Å². The highest BCUT2D eigenvalue weighted by Crippen LogP contribution is 2.18. The van der Waals surface area contributed by atoms with Gasteiger partial charge in [0.25, 0.3) is 5.91 Å². The molecule has 0 bridgehead atoms. The molecule has 1 fully saturated rings. The summed E-state index contributed by atoms with van der Waals surface area (Å²) in [5.74, 6) is -0.233. The lowest BCUT2D eigenvalue weighted by Gasteiger charge is -2.07. The molecule has 2 rings (SSSR count). The summed E-state index contributed by atoms with van der Waals surface area (Å²) in [5, 5.41) is 5.73. The number of rotatable bonds is 2. The molecular weight excluding hydrogens is 208 g/mol. The third kappa shape index (κ3) is 3.02. The number of carbonyl (C=O) groups excluding carboxylic acids is 1. The molecule has 0 unspecified atom stereocenters. The summed E-state index contributed by atoms with van der Waals surface area (Å²) in [6, 6.07) is 9.71. The molecule has 0 saturated heterocycles. The van der Waals surface area contributed by atoms with Crippen molar-refractivity contribution in [3.05, 3.63) is 30.3 Å². The van der Waals surface area contributed by atoms with Crippen LogP contribution in [0.25, 0.3) is 0 Å². The lowest BCUT2D eigenvalue weighted by Crippen LogP contribution is -2.35. The van der Waals surface area contributed by atoms with Crippen molar-refractivity contribution in [3.8, 4) is 0 Å². The predicted octanol–water partition coefficient (Wildman–Crippen LogP) is 1.70. The second-order valence-electron chi connectivity index (χ2n) is 3.57. The Hall–Kier alpha value is -1.42. The van der Waals surface area contributed by atoms with Gasteiger partial charge in [0.15, 0.2) is 4.99 Å². The maximum absolute atomic E-state index is 11.6. The minimum atomic E-state index is -0.233. The molecule has 1 saturated carbocycles. The van der Waals surface area contributed by atoms with Crippen molar-refractivity contribution in [2.24, 2.45) is 0 Å². The summed E-state index contributed by atoms with van der Waals surface area (Å²) in [6.07, 6.45) is 2.22. The van der Waals surface area contributed by atoms with Crippen molar-refractivity contribution in [2.75, 3.05) is 5.32 Å². The predicted molar refractivity (Wildman–Crippen MR) is 63.8 cm³/mol. The van der Waals surface area contributed by atoms with Gasteiger partial charge in [-0.1, -0.05) is 30.4 Å². The number of carbonyl (C=O) groups is 1. The van der Waals surface area contributed by atoms with Crippen molar-refractivity contribution in [1.82, 2.24) is 5.32 Å². The fourth-order valence-electron chi connectivity index (χ4n) is 1.19. The third-order valence-electron chi connectivity index (χ3n) is 2.15. The summed E-state index contributed by atoms with van der Waals surface area (Å²) in [5.41, 5.74) is 0.766. The molecule has 0 aromatic heterocycles. The Morgan fingerprint density at radius 1 is 1.27 bits per heavy atom. The number of benzene rings is 1. The first kappa shape index (κ1) is 10.1. The van der Waals surface area contributed by atoms with E-state index in [1.807, 2.05) is 30.3 Å². The molecule has 78 valence electrons. The highest BCUT2D eigenvalue weighted by atomic mass is 32.1. The quantitative estimate of drug-likeness (QED) is 0.745. The average molecular weight is 220 g/mol. The van der Waals surface area contributed by atoms with E-state index in [9.17, 15) is 4.79 Å². The van der Waals surface area contributed by atoms with E-state index in [-0.39, 0.29) is 10.9 Å². The molecule has 3 nitrogen and oxygen atoms in total. The zero-order chi connectivity index (χ0) is 10.7. The van der Waals surface area contributed by atoms with Crippen LogP contribution in [0.15, 0.2) is 30.3 Å². The van der Waals surface area contributed by atoms with E-state index in [0.29, 0.717) is 6.04 Å². The number of hydrogen-bond donors (Lipinski definition) is 2. The zero-order valence-corrected chi connectivity index (χ0v) is 9.01. The highest BCUT2D eigenvalue weighted by molar-refractivity contribution is 7.82. The van der Waals surface area contributed by atoms with Gasteiger partial charge in [-0.15, -0.1) is 0 Å². The van der Waals surface area contributed by atoms with Crippen LogP contribution in [0.5, 0.6) is 0 Å². The lowest BCUT2D eigenvalue weighted by atomic mass is 10.3. The Kier molecular flexibility index (Phi) is 2.97. The first-order valence-electron chi connectivity index (χ1n) is 4.92.